The average Bonchev–Trinajstić information content (AvgIpc) is 2.87. The zero-order chi connectivity index (χ0) is 21.8. The summed E-state index contributed by atoms with van der Waals surface area (Å²) in [5, 5.41) is 32.5. The molecule has 160 valence electrons. The highest BCUT2D eigenvalue weighted by Gasteiger charge is 2.32. The van der Waals surface area contributed by atoms with E-state index >= 15 is 0 Å². The first-order valence-electron chi connectivity index (χ1n) is 9.72. The van der Waals surface area contributed by atoms with E-state index in [0.717, 1.165) is 26.1 Å². The van der Waals surface area contributed by atoms with Crippen LogP contribution in [0.2, 0.25) is 0 Å². The molecule has 0 aliphatic carbocycles. The number of aliphatic hydroxyl groups excluding tert-OH is 2. The fourth-order valence-electron chi connectivity index (χ4n) is 3.91. The van der Waals surface area contributed by atoms with Crippen molar-refractivity contribution in [1.29, 1.82) is 0 Å². The molecule has 0 radical (unpaired) electrons. The van der Waals surface area contributed by atoms with Crippen molar-refractivity contribution >= 4 is 17.6 Å². The normalized spacial score (nSPS) is 19.7. The van der Waals surface area contributed by atoms with Crippen LogP contribution in [0.25, 0.3) is 0 Å². The van der Waals surface area contributed by atoms with E-state index in [2.05, 4.69) is 65.4 Å². The highest BCUT2D eigenvalue weighted by Crippen LogP contribution is 2.38. The van der Waals surface area contributed by atoms with Gasteiger partial charge < -0.3 is 30.2 Å². The minimum absolute atomic E-state index is 0.494. The van der Waals surface area contributed by atoms with Gasteiger partial charge in [-0.05, 0) is 36.2 Å². The highest BCUT2D eigenvalue weighted by molar-refractivity contribution is 5.83. The van der Waals surface area contributed by atoms with Gasteiger partial charge in [0.25, 0.3) is 0 Å². The van der Waals surface area contributed by atoms with Crippen LogP contribution in [0, 0.1) is 0 Å². The van der Waals surface area contributed by atoms with Crippen LogP contribution in [-0.4, -0.2) is 76.2 Å². The van der Waals surface area contributed by atoms with Gasteiger partial charge in [0.15, 0.2) is 12.2 Å². The Morgan fingerprint density at radius 2 is 1.47 bits per heavy atom. The molecule has 1 saturated heterocycles. The predicted molar refractivity (Wildman–Crippen MR) is 111 cm³/mol. The van der Waals surface area contributed by atoms with Crippen molar-refractivity contribution in [1.82, 2.24) is 4.90 Å². The van der Waals surface area contributed by atoms with E-state index in [1.807, 2.05) is 0 Å². The van der Waals surface area contributed by atoms with Crippen LogP contribution >= 0.6 is 0 Å². The summed E-state index contributed by atoms with van der Waals surface area (Å²) in [7, 11) is 2.23. The summed E-state index contributed by atoms with van der Waals surface area (Å²) in [4.78, 5) is 24.6. The summed E-state index contributed by atoms with van der Waals surface area (Å²) in [6, 6.07) is 18.4. The number of para-hydroxylation sites is 1. The molecule has 4 rings (SSSR count). The predicted octanol–water partition coefficient (Wildman–Crippen LogP) is 0.961. The molecule has 8 nitrogen and oxygen atoms in total. The lowest BCUT2D eigenvalue weighted by Gasteiger charge is -2.41. The molecule has 0 aromatic heterocycles. The summed E-state index contributed by atoms with van der Waals surface area (Å²) in [6.45, 7) is 3.38. The van der Waals surface area contributed by atoms with Crippen molar-refractivity contribution in [2.45, 2.75) is 24.7 Å². The fraction of sp³-hybridized carbons (Fsp3) is 0.364. The molecule has 1 unspecified atom stereocenters. The smallest absolute Gasteiger partial charge is 0.335 e. The number of carbonyl (C=O) groups is 2. The first-order valence-corrected chi connectivity index (χ1v) is 9.72. The zero-order valence-corrected chi connectivity index (χ0v) is 16.7. The van der Waals surface area contributed by atoms with E-state index in [4.69, 9.17) is 20.4 Å². The van der Waals surface area contributed by atoms with Crippen molar-refractivity contribution in [3.63, 3.8) is 0 Å². The number of rotatable bonds is 3. The van der Waals surface area contributed by atoms with Gasteiger partial charge in [-0.3, -0.25) is 0 Å². The van der Waals surface area contributed by atoms with Crippen LogP contribution in [0.1, 0.15) is 22.7 Å². The second kappa shape index (κ2) is 9.25. The minimum Gasteiger partial charge on any atom is -0.479 e. The number of aliphatic hydroxyl groups is 2. The third-order valence-electron chi connectivity index (χ3n) is 5.48. The van der Waals surface area contributed by atoms with Gasteiger partial charge in [0.1, 0.15) is 0 Å². The lowest BCUT2D eigenvalue weighted by molar-refractivity contribution is -0.165. The summed E-state index contributed by atoms with van der Waals surface area (Å²) in [5.74, 6) is -3.54. The van der Waals surface area contributed by atoms with E-state index in [1.54, 1.807) is 0 Å². The van der Waals surface area contributed by atoms with Crippen molar-refractivity contribution in [3.8, 4) is 0 Å². The van der Waals surface area contributed by atoms with Gasteiger partial charge in [-0.15, -0.1) is 0 Å². The lowest BCUT2D eigenvalue weighted by atomic mass is 9.96. The molecule has 4 N–H and O–H groups in total. The third-order valence-corrected chi connectivity index (χ3v) is 5.48. The quantitative estimate of drug-likeness (QED) is 0.586. The Bertz CT molecular complexity index is 900. The number of hydrogen-bond acceptors (Lipinski definition) is 6. The number of carboxylic acid groups (broad SMARTS) is 2. The molecule has 2 aliphatic heterocycles. The van der Waals surface area contributed by atoms with Crippen LogP contribution in [0.3, 0.4) is 0 Å². The molecule has 2 aromatic rings. The Kier molecular flexibility index (Phi) is 6.71. The van der Waals surface area contributed by atoms with Crippen LogP contribution in [0.4, 0.5) is 5.69 Å². The van der Waals surface area contributed by atoms with Crippen molar-refractivity contribution in [2.24, 2.45) is 0 Å². The number of benzene rings is 2. The monoisotopic (exact) mass is 414 g/mol. The molecule has 2 aromatic carbocycles. The summed E-state index contributed by atoms with van der Waals surface area (Å²) in [6.07, 6.45) is -3.47. The fourth-order valence-corrected chi connectivity index (χ4v) is 3.91. The van der Waals surface area contributed by atoms with Gasteiger partial charge >= 0.3 is 11.9 Å². The number of likely N-dealkylation sites (N-methyl/N-ethyl adjacent to an activating group) is 1. The topological polar surface area (TPSA) is 122 Å². The number of anilines is 1. The van der Waals surface area contributed by atoms with E-state index in [1.165, 1.54) is 22.4 Å². The van der Waals surface area contributed by atoms with Gasteiger partial charge in [-0.25, -0.2) is 9.59 Å². The van der Waals surface area contributed by atoms with Gasteiger partial charge in [0.2, 0.25) is 0 Å². The number of hydrogen-bond donors (Lipinski definition) is 4. The van der Waals surface area contributed by atoms with Gasteiger partial charge in [0.05, 0.1) is 6.04 Å². The molecule has 1 fully saturated rings. The molecule has 2 aliphatic rings. The molecule has 30 heavy (non-hydrogen) atoms. The molecule has 0 spiro atoms. The highest BCUT2D eigenvalue weighted by atomic mass is 16.4. The molecule has 2 heterocycles. The van der Waals surface area contributed by atoms with E-state index in [0.29, 0.717) is 6.04 Å². The largest absolute Gasteiger partial charge is 0.479 e. The molecular weight excluding hydrogens is 388 g/mol. The van der Waals surface area contributed by atoms with Crippen LogP contribution in [-0.2, 0) is 16.0 Å². The Balaban J connectivity index is 0.000000220. The number of carboxylic acids is 2. The molecule has 0 amide bonds. The molecular formula is C22H26N2O6. The second-order valence-corrected chi connectivity index (χ2v) is 7.54. The number of nitrogens with zero attached hydrogens (tertiary/aromatic N) is 2. The van der Waals surface area contributed by atoms with E-state index in [9.17, 15) is 9.59 Å². The average molecular weight is 414 g/mol. The minimum atomic E-state index is -2.27. The van der Waals surface area contributed by atoms with E-state index < -0.39 is 24.1 Å². The van der Waals surface area contributed by atoms with Gasteiger partial charge in [0, 0.05) is 25.3 Å². The van der Waals surface area contributed by atoms with Crippen LogP contribution < -0.4 is 4.90 Å². The van der Waals surface area contributed by atoms with E-state index in [-0.39, 0.29) is 0 Å². The second-order valence-electron chi connectivity index (χ2n) is 7.54. The van der Waals surface area contributed by atoms with Crippen molar-refractivity contribution < 1.29 is 30.0 Å². The standard InChI is InChI=1S/C18H20N2.C4H6O6/c1-19-10-11-20-17-9-5-3-7-15(17)12-14-6-2-4-8-16(14)18(20)13-19;5-1(3(7)8)2(6)4(9)10/h2-9,18H,10-13H2,1H3;1-2,5-6H,(H,7,8)(H,9,10)/t;1-,2-/m.1/s1. The Morgan fingerprint density at radius 3 is 2.10 bits per heavy atom. The number of aliphatic carboxylic acids is 2. The molecule has 8 heteroatoms. The van der Waals surface area contributed by atoms with Crippen LogP contribution in [0.15, 0.2) is 48.5 Å². The van der Waals surface area contributed by atoms with Crippen molar-refractivity contribution in [2.75, 3.05) is 31.6 Å². The lowest BCUT2D eigenvalue weighted by Crippen LogP contribution is -2.46. The Labute approximate surface area is 174 Å². The first-order chi connectivity index (χ1) is 14.3. The first kappa shape index (κ1) is 21.8. The Hall–Kier alpha value is -2.94. The molecule has 0 saturated carbocycles. The maximum absolute atomic E-state index is 9.77. The van der Waals surface area contributed by atoms with Crippen molar-refractivity contribution in [3.05, 3.63) is 65.2 Å². The van der Waals surface area contributed by atoms with Gasteiger partial charge in [-0.2, -0.15) is 0 Å². The SMILES string of the molecule is CN1CCN2c3ccccc3Cc3ccccc3C2C1.O=C(O)[C@H](O)[C@@H](O)C(=O)O. The van der Waals surface area contributed by atoms with Gasteiger partial charge in [-0.1, -0.05) is 42.5 Å². The molecule has 3 atom stereocenters. The number of fused-ring (bicyclic) bond motifs is 5. The zero-order valence-electron chi connectivity index (χ0n) is 16.7. The molecule has 0 bridgehead atoms. The summed E-state index contributed by atoms with van der Waals surface area (Å²) < 4.78 is 0. The maximum atomic E-state index is 9.77. The number of piperazine rings is 1. The Morgan fingerprint density at radius 1 is 0.900 bits per heavy atom. The summed E-state index contributed by atoms with van der Waals surface area (Å²) in [5.41, 5.74) is 5.90. The van der Waals surface area contributed by atoms with Crippen LogP contribution in [0.5, 0.6) is 0 Å². The summed E-state index contributed by atoms with van der Waals surface area (Å²) >= 11 is 0. The third kappa shape index (κ3) is 4.62. The maximum Gasteiger partial charge on any atom is 0.335 e.